The first kappa shape index (κ1) is 18.4. The van der Waals surface area contributed by atoms with Crippen molar-refractivity contribution in [2.75, 3.05) is 26.3 Å². The first-order valence-electron chi connectivity index (χ1n) is 8.24. The van der Waals surface area contributed by atoms with Crippen molar-refractivity contribution in [2.45, 2.75) is 0 Å². The van der Waals surface area contributed by atoms with Gasteiger partial charge >= 0.3 is 6.09 Å². The summed E-state index contributed by atoms with van der Waals surface area (Å²) in [5.74, 6) is 0.355. The smallest absolute Gasteiger partial charge is 0.410 e. The Morgan fingerprint density at radius 1 is 1.08 bits per heavy atom. The third-order valence-electron chi connectivity index (χ3n) is 3.89. The maximum absolute atomic E-state index is 12.2. The summed E-state index contributed by atoms with van der Waals surface area (Å²) < 4.78 is 11.6. The first-order valence-corrected chi connectivity index (χ1v) is 9.04. The molecule has 0 atom stereocenters. The molecule has 0 unspecified atom stereocenters. The highest BCUT2D eigenvalue weighted by molar-refractivity contribution is 9.10. The number of hydrogen-bond donors (Lipinski definition) is 0. The Morgan fingerprint density at radius 2 is 1.81 bits per heavy atom. The molecule has 1 aliphatic rings. The molecule has 5 nitrogen and oxygen atoms in total. The van der Waals surface area contributed by atoms with Gasteiger partial charge in [-0.2, -0.15) is 0 Å². The molecule has 0 aliphatic carbocycles. The van der Waals surface area contributed by atoms with Gasteiger partial charge in [0.1, 0.15) is 5.75 Å². The fraction of sp³-hybridized carbons (Fsp3) is 0.200. The molecule has 0 N–H and O–H groups in total. The number of benzene rings is 2. The van der Waals surface area contributed by atoms with Gasteiger partial charge < -0.3 is 14.4 Å². The van der Waals surface area contributed by atoms with Crippen molar-refractivity contribution in [3.8, 4) is 5.75 Å². The number of amides is 1. The van der Waals surface area contributed by atoms with Gasteiger partial charge in [0.15, 0.2) is 5.78 Å². The van der Waals surface area contributed by atoms with Gasteiger partial charge in [0.05, 0.1) is 13.2 Å². The van der Waals surface area contributed by atoms with Crippen LogP contribution in [0.1, 0.15) is 15.9 Å². The fourth-order valence-electron chi connectivity index (χ4n) is 2.48. The van der Waals surface area contributed by atoms with Gasteiger partial charge in [-0.1, -0.05) is 34.1 Å². The van der Waals surface area contributed by atoms with Crippen LogP contribution in [-0.4, -0.2) is 43.1 Å². The normalized spacial score (nSPS) is 14.4. The maximum Gasteiger partial charge on any atom is 0.415 e. The first-order chi connectivity index (χ1) is 12.6. The third-order valence-corrected chi connectivity index (χ3v) is 4.42. The number of carbonyl (C=O) groups is 2. The summed E-state index contributed by atoms with van der Waals surface area (Å²) in [6.45, 7) is 2.10. The monoisotopic (exact) mass is 415 g/mol. The molecule has 0 aromatic heterocycles. The van der Waals surface area contributed by atoms with Gasteiger partial charge in [0, 0.05) is 23.1 Å². The van der Waals surface area contributed by atoms with E-state index in [2.05, 4.69) is 15.9 Å². The van der Waals surface area contributed by atoms with Crippen molar-refractivity contribution < 1.29 is 19.1 Å². The quantitative estimate of drug-likeness (QED) is 0.555. The van der Waals surface area contributed by atoms with Gasteiger partial charge in [-0.15, -0.1) is 0 Å². The molecule has 1 heterocycles. The van der Waals surface area contributed by atoms with E-state index in [1.807, 2.05) is 18.2 Å². The van der Waals surface area contributed by atoms with E-state index in [4.69, 9.17) is 9.47 Å². The minimum atomic E-state index is -0.389. The summed E-state index contributed by atoms with van der Waals surface area (Å²) >= 11 is 3.35. The second-order valence-corrected chi connectivity index (χ2v) is 6.66. The zero-order chi connectivity index (χ0) is 18.4. The van der Waals surface area contributed by atoms with E-state index < -0.39 is 0 Å². The molecule has 26 heavy (non-hydrogen) atoms. The number of nitrogens with zero attached hydrogens (tertiary/aromatic N) is 1. The minimum Gasteiger partial charge on any atom is -0.410 e. The Bertz CT molecular complexity index is 811. The summed E-state index contributed by atoms with van der Waals surface area (Å²) in [5, 5.41) is 0. The van der Waals surface area contributed by atoms with E-state index in [-0.39, 0.29) is 11.9 Å². The second kappa shape index (κ2) is 8.78. The predicted molar refractivity (Wildman–Crippen MR) is 102 cm³/mol. The molecule has 6 heteroatoms. The zero-order valence-electron chi connectivity index (χ0n) is 14.1. The van der Waals surface area contributed by atoms with Crippen LogP contribution in [0.15, 0.2) is 59.1 Å². The summed E-state index contributed by atoms with van der Waals surface area (Å²) in [5.41, 5.74) is 1.39. The summed E-state index contributed by atoms with van der Waals surface area (Å²) in [7, 11) is 0. The molecule has 1 aliphatic heterocycles. The highest BCUT2D eigenvalue weighted by atomic mass is 79.9. The molecule has 0 saturated carbocycles. The van der Waals surface area contributed by atoms with Crippen LogP contribution in [0.5, 0.6) is 5.75 Å². The Morgan fingerprint density at radius 3 is 2.54 bits per heavy atom. The number of rotatable bonds is 4. The van der Waals surface area contributed by atoms with Crippen molar-refractivity contribution in [1.82, 2.24) is 4.90 Å². The molecule has 1 saturated heterocycles. The number of allylic oxidation sites excluding steroid dienone is 1. The lowest BCUT2D eigenvalue weighted by molar-refractivity contribution is 0.0416. The summed E-state index contributed by atoms with van der Waals surface area (Å²) in [4.78, 5) is 25.9. The van der Waals surface area contributed by atoms with Gasteiger partial charge in [0.25, 0.3) is 0 Å². The largest absolute Gasteiger partial charge is 0.415 e. The van der Waals surface area contributed by atoms with Crippen LogP contribution >= 0.6 is 15.9 Å². The van der Waals surface area contributed by atoms with E-state index in [0.29, 0.717) is 37.6 Å². The van der Waals surface area contributed by atoms with Crippen molar-refractivity contribution in [3.05, 3.63) is 70.2 Å². The number of halogens is 1. The lowest BCUT2D eigenvalue weighted by Crippen LogP contribution is -2.42. The van der Waals surface area contributed by atoms with E-state index in [0.717, 1.165) is 10.0 Å². The fourth-order valence-corrected chi connectivity index (χ4v) is 2.74. The molecule has 0 bridgehead atoms. The molecule has 0 spiro atoms. The van der Waals surface area contributed by atoms with E-state index in [9.17, 15) is 9.59 Å². The molecular formula is C20H18BrNO4. The van der Waals surface area contributed by atoms with E-state index >= 15 is 0 Å². The maximum atomic E-state index is 12.2. The number of morpholine rings is 1. The predicted octanol–water partition coefficient (Wildman–Crippen LogP) is 4.18. The van der Waals surface area contributed by atoms with E-state index in [1.54, 1.807) is 41.3 Å². The Kier molecular flexibility index (Phi) is 6.20. The average Bonchev–Trinajstić information content (AvgIpc) is 2.67. The van der Waals surface area contributed by atoms with Gasteiger partial charge in [-0.05, 0) is 48.0 Å². The number of ketones is 1. The van der Waals surface area contributed by atoms with E-state index in [1.165, 1.54) is 6.08 Å². The lowest BCUT2D eigenvalue weighted by Gasteiger charge is -2.25. The van der Waals surface area contributed by atoms with Crippen LogP contribution in [0, 0.1) is 0 Å². The molecular weight excluding hydrogens is 398 g/mol. The van der Waals surface area contributed by atoms with Crippen molar-refractivity contribution >= 4 is 33.9 Å². The second-order valence-electron chi connectivity index (χ2n) is 5.74. The summed E-state index contributed by atoms with van der Waals surface area (Å²) in [6.07, 6.45) is 2.82. The molecule has 2 aromatic rings. The zero-order valence-corrected chi connectivity index (χ0v) is 15.6. The lowest BCUT2D eigenvalue weighted by atomic mass is 10.1. The van der Waals surface area contributed by atoms with Gasteiger partial charge in [-0.3, -0.25) is 4.79 Å². The third kappa shape index (κ3) is 5.03. The Hall–Kier alpha value is -2.44. The molecule has 134 valence electrons. The highest BCUT2D eigenvalue weighted by Crippen LogP contribution is 2.17. The number of carbonyl (C=O) groups excluding carboxylic acids is 2. The van der Waals surface area contributed by atoms with Gasteiger partial charge in [-0.25, -0.2) is 4.79 Å². The van der Waals surface area contributed by atoms with Crippen LogP contribution in [0.3, 0.4) is 0 Å². The number of ether oxygens (including phenoxy) is 2. The van der Waals surface area contributed by atoms with Crippen molar-refractivity contribution in [2.24, 2.45) is 0 Å². The molecule has 0 radical (unpaired) electrons. The van der Waals surface area contributed by atoms with Gasteiger partial charge in [0.2, 0.25) is 0 Å². The van der Waals surface area contributed by atoms with Crippen LogP contribution in [0.25, 0.3) is 6.08 Å². The molecule has 3 rings (SSSR count). The Labute approximate surface area is 160 Å². The van der Waals surface area contributed by atoms with Crippen LogP contribution in [0.2, 0.25) is 0 Å². The SMILES string of the molecule is O=C(C=Cc1cccc(OC(=O)N2CCOCC2)c1)c1ccc(Br)cc1. The van der Waals surface area contributed by atoms with Crippen molar-refractivity contribution in [1.29, 1.82) is 0 Å². The number of hydrogen-bond acceptors (Lipinski definition) is 4. The molecule has 2 aromatic carbocycles. The topological polar surface area (TPSA) is 55.8 Å². The molecule has 1 amide bonds. The van der Waals surface area contributed by atoms with Crippen molar-refractivity contribution in [3.63, 3.8) is 0 Å². The minimum absolute atomic E-state index is 0.0896. The highest BCUT2D eigenvalue weighted by Gasteiger charge is 2.18. The molecule has 1 fully saturated rings. The summed E-state index contributed by atoms with van der Waals surface area (Å²) in [6, 6.07) is 14.2. The average molecular weight is 416 g/mol. The Balaban J connectivity index is 1.64. The van der Waals surface area contributed by atoms with Crippen LogP contribution in [0.4, 0.5) is 4.79 Å². The van der Waals surface area contributed by atoms with Crippen LogP contribution in [-0.2, 0) is 4.74 Å². The van der Waals surface area contributed by atoms with Crippen LogP contribution < -0.4 is 4.74 Å². The standard InChI is InChI=1S/C20H18BrNO4/c21-17-7-5-16(6-8-17)19(23)9-4-15-2-1-3-18(14-15)26-20(24)22-10-12-25-13-11-22/h1-9,14H,10-13H2.